The normalized spacial score (nSPS) is 31.4. The lowest BCUT2D eigenvalue weighted by Gasteiger charge is -2.36. The SMILES string of the molecule is CC1C=C([C@H]2CN(C(C)C)CCO2)C=NN1. The molecule has 2 atom stereocenters. The molecule has 1 unspecified atom stereocenters. The summed E-state index contributed by atoms with van der Waals surface area (Å²) in [7, 11) is 0. The highest BCUT2D eigenvalue weighted by atomic mass is 16.5. The molecule has 2 aliphatic rings. The standard InChI is InChI=1S/C12H21N3O/c1-9(2)15-4-5-16-12(8-15)11-6-10(3)14-13-7-11/h6-7,9-10,12,14H,4-5,8H2,1-3H3/t10?,12-/m1/s1. The lowest BCUT2D eigenvalue weighted by molar-refractivity contribution is -0.0178. The highest BCUT2D eigenvalue weighted by molar-refractivity contribution is 5.80. The number of ether oxygens (including phenoxy) is 1. The van der Waals surface area contributed by atoms with Gasteiger partial charge in [0.25, 0.3) is 0 Å². The van der Waals surface area contributed by atoms with E-state index in [0.717, 1.165) is 19.7 Å². The molecule has 0 spiro atoms. The highest BCUT2D eigenvalue weighted by Crippen LogP contribution is 2.16. The van der Waals surface area contributed by atoms with Gasteiger partial charge in [0.1, 0.15) is 0 Å². The second-order valence-electron chi connectivity index (χ2n) is 4.79. The molecule has 2 heterocycles. The largest absolute Gasteiger partial charge is 0.371 e. The monoisotopic (exact) mass is 223 g/mol. The molecule has 4 nitrogen and oxygen atoms in total. The number of nitrogens with zero attached hydrogens (tertiary/aromatic N) is 2. The van der Waals surface area contributed by atoms with Gasteiger partial charge in [0, 0.05) is 24.7 Å². The van der Waals surface area contributed by atoms with Crippen molar-refractivity contribution in [3.63, 3.8) is 0 Å². The van der Waals surface area contributed by atoms with Gasteiger partial charge in [0.15, 0.2) is 0 Å². The van der Waals surface area contributed by atoms with Crippen LogP contribution < -0.4 is 5.43 Å². The van der Waals surface area contributed by atoms with Crippen LogP contribution >= 0.6 is 0 Å². The minimum absolute atomic E-state index is 0.185. The molecule has 0 amide bonds. The number of hydrogen-bond acceptors (Lipinski definition) is 4. The van der Waals surface area contributed by atoms with Gasteiger partial charge in [-0.25, -0.2) is 0 Å². The summed E-state index contributed by atoms with van der Waals surface area (Å²) in [5.74, 6) is 0. The van der Waals surface area contributed by atoms with Crippen LogP contribution in [0.5, 0.6) is 0 Å². The number of hydrogen-bond donors (Lipinski definition) is 1. The van der Waals surface area contributed by atoms with E-state index in [4.69, 9.17) is 4.74 Å². The maximum absolute atomic E-state index is 5.82. The minimum atomic E-state index is 0.185. The van der Waals surface area contributed by atoms with Crippen LogP contribution in [0.4, 0.5) is 0 Å². The first kappa shape index (κ1) is 11.6. The third kappa shape index (κ3) is 2.62. The van der Waals surface area contributed by atoms with E-state index in [1.807, 2.05) is 6.21 Å². The van der Waals surface area contributed by atoms with E-state index < -0.39 is 0 Å². The Hall–Kier alpha value is -0.870. The lowest BCUT2D eigenvalue weighted by atomic mass is 10.0. The zero-order valence-corrected chi connectivity index (χ0v) is 10.3. The first-order valence-electron chi connectivity index (χ1n) is 6.03. The fourth-order valence-electron chi connectivity index (χ4n) is 2.13. The topological polar surface area (TPSA) is 36.9 Å². The molecule has 0 radical (unpaired) electrons. The van der Waals surface area contributed by atoms with Crippen LogP contribution in [0.1, 0.15) is 20.8 Å². The Labute approximate surface area is 97.3 Å². The summed E-state index contributed by atoms with van der Waals surface area (Å²) in [4.78, 5) is 2.45. The molecule has 4 heteroatoms. The summed E-state index contributed by atoms with van der Waals surface area (Å²) in [6.45, 7) is 9.38. The van der Waals surface area contributed by atoms with Gasteiger partial charge in [-0.1, -0.05) is 6.08 Å². The smallest absolute Gasteiger partial charge is 0.0965 e. The molecular formula is C12H21N3O. The number of nitrogens with one attached hydrogen (secondary N) is 1. The fourth-order valence-corrected chi connectivity index (χ4v) is 2.13. The quantitative estimate of drug-likeness (QED) is 0.759. The Morgan fingerprint density at radius 3 is 3.06 bits per heavy atom. The van der Waals surface area contributed by atoms with Crippen molar-refractivity contribution in [3.05, 3.63) is 11.6 Å². The van der Waals surface area contributed by atoms with Crippen LogP contribution in [0.15, 0.2) is 16.8 Å². The number of morpholine rings is 1. The van der Waals surface area contributed by atoms with E-state index in [9.17, 15) is 0 Å². The van der Waals surface area contributed by atoms with Crippen LogP contribution in [0.3, 0.4) is 0 Å². The maximum Gasteiger partial charge on any atom is 0.0965 e. The first-order chi connectivity index (χ1) is 7.66. The van der Waals surface area contributed by atoms with E-state index in [0.29, 0.717) is 12.1 Å². The average Bonchev–Trinajstić information content (AvgIpc) is 2.29. The molecule has 90 valence electrons. The zero-order chi connectivity index (χ0) is 11.5. The van der Waals surface area contributed by atoms with Gasteiger partial charge >= 0.3 is 0 Å². The van der Waals surface area contributed by atoms with Crippen LogP contribution in [-0.2, 0) is 4.74 Å². The Morgan fingerprint density at radius 1 is 1.56 bits per heavy atom. The van der Waals surface area contributed by atoms with Crippen molar-refractivity contribution in [1.82, 2.24) is 10.3 Å². The predicted octanol–water partition coefficient (Wildman–Crippen LogP) is 0.999. The zero-order valence-electron chi connectivity index (χ0n) is 10.3. The summed E-state index contributed by atoms with van der Waals surface area (Å²) in [6.07, 6.45) is 4.26. The van der Waals surface area contributed by atoms with Crippen molar-refractivity contribution in [3.8, 4) is 0 Å². The Balaban J connectivity index is 2.01. The molecular weight excluding hydrogens is 202 g/mol. The number of hydrazone groups is 1. The molecule has 0 saturated carbocycles. The van der Waals surface area contributed by atoms with Crippen LogP contribution in [-0.4, -0.2) is 49.0 Å². The molecule has 2 rings (SSSR count). The average molecular weight is 223 g/mol. The second-order valence-corrected chi connectivity index (χ2v) is 4.79. The van der Waals surface area contributed by atoms with Crippen LogP contribution in [0, 0.1) is 0 Å². The second kappa shape index (κ2) is 4.97. The van der Waals surface area contributed by atoms with Gasteiger partial charge in [0.2, 0.25) is 0 Å². The Morgan fingerprint density at radius 2 is 2.38 bits per heavy atom. The molecule has 0 aliphatic carbocycles. The van der Waals surface area contributed by atoms with Gasteiger partial charge in [-0.3, -0.25) is 4.90 Å². The predicted molar refractivity (Wildman–Crippen MR) is 65.6 cm³/mol. The molecule has 1 saturated heterocycles. The summed E-state index contributed by atoms with van der Waals surface area (Å²) in [5, 5.41) is 4.14. The van der Waals surface area contributed by atoms with Gasteiger partial charge in [-0.05, 0) is 20.8 Å². The van der Waals surface area contributed by atoms with E-state index in [1.54, 1.807) is 0 Å². The van der Waals surface area contributed by atoms with Crippen molar-refractivity contribution >= 4 is 6.21 Å². The summed E-state index contributed by atoms with van der Waals surface area (Å²) in [6, 6.07) is 0.890. The van der Waals surface area contributed by atoms with Crippen molar-refractivity contribution in [2.24, 2.45) is 5.10 Å². The molecule has 2 aliphatic heterocycles. The molecule has 1 N–H and O–H groups in total. The molecule has 16 heavy (non-hydrogen) atoms. The van der Waals surface area contributed by atoms with Gasteiger partial charge < -0.3 is 10.2 Å². The van der Waals surface area contributed by atoms with Crippen molar-refractivity contribution in [2.45, 2.75) is 39.0 Å². The van der Waals surface area contributed by atoms with Gasteiger partial charge in [-0.15, -0.1) is 0 Å². The molecule has 0 aromatic carbocycles. The minimum Gasteiger partial charge on any atom is -0.371 e. The summed E-state index contributed by atoms with van der Waals surface area (Å²) < 4.78 is 5.82. The van der Waals surface area contributed by atoms with Crippen molar-refractivity contribution < 1.29 is 4.74 Å². The van der Waals surface area contributed by atoms with E-state index in [2.05, 4.69) is 42.3 Å². The van der Waals surface area contributed by atoms with Crippen molar-refractivity contribution in [2.75, 3.05) is 19.7 Å². The van der Waals surface area contributed by atoms with E-state index >= 15 is 0 Å². The van der Waals surface area contributed by atoms with E-state index in [1.165, 1.54) is 5.57 Å². The number of rotatable bonds is 2. The molecule has 0 bridgehead atoms. The first-order valence-corrected chi connectivity index (χ1v) is 6.03. The van der Waals surface area contributed by atoms with Crippen molar-refractivity contribution in [1.29, 1.82) is 0 Å². The summed E-state index contributed by atoms with van der Waals surface area (Å²) >= 11 is 0. The molecule has 0 aromatic rings. The van der Waals surface area contributed by atoms with Gasteiger partial charge in [0.05, 0.1) is 25.0 Å². The van der Waals surface area contributed by atoms with Gasteiger partial charge in [-0.2, -0.15) is 5.10 Å². The fraction of sp³-hybridized carbons (Fsp3) is 0.750. The van der Waals surface area contributed by atoms with E-state index in [-0.39, 0.29) is 6.10 Å². The molecule has 1 fully saturated rings. The Kier molecular flexibility index (Phi) is 3.61. The lowest BCUT2D eigenvalue weighted by Crippen LogP contribution is -2.47. The summed E-state index contributed by atoms with van der Waals surface area (Å²) in [5.41, 5.74) is 4.21. The maximum atomic E-state index is 5.82. The third-order valence-corrected chi connectivity index (χ3v) is 3.13. The Bertz CT molecular complexity index is 299. The van der Waals surface area contributed by atoms with Crippen LogP contribution in [0.25, 0.3) is 0 Å². The third-order valence-electron chi connectivity index (χ3n) is 3.13. The van der Waals surface area contributed by atoms with Crippen LogP contribution in [0.2, 0.25) is 0 Å². The molecule has 0 aromatic heterocycles. The highest BCUT2D eigenvalue weighted by Gasteiger charge is 2.25.